The first kappa shape index (κ1) is 13.8. The third-order valence-electron chi connectivity index (χ3n) is 3.55. The van der Waals surface area contributed by atoms with E-state index in [0.717, 1.165) is 18.8 Å². The molecule has 102 valence electrons. The molecule has 1 fully saturated rings. The van der Waals surface area contributed by atoms with Gasteiger partial charge in [0.05, 0.1) is 0 Å². The van der Waals surface area contributed by atoms with Crippen molar-refractivity contribution in [3.63, 3.8) is 0 Å². The van der Waals surface area contributed by atoms with E-state index in [9.17, 15) is 0 Å². The Balaban J connectivity index is 1.76. The molecule has 19 heavy (non-hydrogen) atoms. The topological polar surface area (TPSA) is 52.0 Å². The second kappa shape index (κ2) is 7.10. The quantitative estimate of drug-likeness (QED) is 0.881. The van der Waals surface area contributed by atoms with Gasteiger partial charge in [-0.15, -0.1) is 0 Å². The third-order valence-corrected chi connectivity index (χ3v) is 3.55. The molecular weight excluding hydrogens is 236 g/mol. The van der Waals surface area contributed by atoms with Crippen LogP contribution in [0.15, 0.2) is 18.3 Å². The molecule has 4 nitrogen and oxygen atoms in total. The van der Waals surface area contributed by atoms with Crippen LogP contribution in [0.3, 0.4) is 0 Å². The van der Waals surface area contributed by atoms with E-state index in [0.29, 0.717) is 11.6 Å². The van der Waals surface area contributed by atoms with Gasteiger partial charge in [0.1, 0.15) is 11.8 Å². The van der Waals surface area contributed by atoms with Crippen molar-refractivity contribution in [2.45, 2.75) is 26.2 Å². The minimum absolute atomic E-state index is 0.466. The fourth-order valence-corrected chi connectivity index (χ4v) is 2.54. The fraction of sp³-hybridized carbons (Fsp3) is 0.600. The smallest absolute Gasteiger partial charge is 0.142 e. The van der Waals surface area contributed by atoms with E-state index in [1.807, 2.05) is 6.07 Å². The lowest BCUT2D eigenvalue weighted by Gasteiger charge is -2.29. The molecule has 1 aromatic rings. The number of nitriles is 1. The van der Waals surface area contributed by atoms with Crippen LogP contribution < -0.4 is 5.32 Å². The molecule has 1 N–H and O–H groups in total. The second-order valence-electron chi connectivity index (χ2n) is 5.39. The second-order valence-corrected chi connectivity index (χ2v) is 5.39. The van der Waals surface area contributed by atoms with E-state index in [2.05, 4.69) is 28.2 Å². The van der Waals surface area contributed by atoms with Crippen LogP contribution in [0, 0.1) is 17.2 Å². The first-order chi connectivity index (χ1) is 9.28. The number of hydrogen-bond acceptors (Lipinski definition) is 4. The number of likely N-dealkylation sites (tertiary alicyclic amines) is 1. The molecular formula is C15H22N4. The van der Waals surface area contributed by atoms with Crippen molar-refractivity contribution in [2.24, 2.45) is 5.92 Å². The van der Waals surface area contributed by atoms with E-state index in [4.69, 9.17) is 5.26 Å². The van der Waals surface area contributed by atoms with Gasteiger partial charge in [0.15, 0.2) is 0 Å². The standard InChI is InChI=1S/C15H22N4/c1-13(12-19-7-3-2-4-8-19)11-18-14-5-6-17-15(9-14)10-16/h5-6,9,13H,2-4,7-8,11-12H2,1H3,(H,17,18). The number of aromatic nitrogens is 1. The highest BCUT2D eigenvalue weighted by molar-refractivity contribution is 5.45. The number of anilines is 1. The molecule has 1 saturated heterocycles. The summed E-state index contributed by atoms with van der Waals surface area (Å²) in [6, 6.07) is 5.77. The molecule has 0 saturated carbocycles. The van der Waals surface area contributed by atoms with Gasteiger partial charge in [0.25, 0.3) is 0 Å². The lowest BCUT2D eigenvalue weighted by molar-refractivity contribution is 0.204. The number of hydrogen-bond donors (Lipinski definition) is 1. The molecule has 4 heteroatoms. The van der Waals surface area contributed by atoms with E-state index in [-0.39, 0.29) is 0 Å². The highest BCUT2D eigenvalue weighted by atomic mass is 15.1. The lowest BCUT2D eigenvalue weighted by atomic mass is 10.1. The summed E-state index contributed by atoms with van der Waals surface area (Å²) >= 11 is 0. The Morgan fingerprint density at radius 2 is 2.21 bits per heavy atom. The van der Waals surface area contributed by atoms with Gasteiger partial charge in [-0.2, -0.15) is 5.26 Å². The molecule has 0 aromatic carbocycles. The van der Waals surface area contributed by atoms with Crippen LogP contribution in [-0.2, 0) is 0 Å². The average molecular weight is 258 g/mol. The summed E-state index contributed by atoms with van der Waals surface area (Å²) in [7, 11) is 0. The normalized spacial score (nSPS) is 17.7. The lowest BCUT2D eigenvalue weighted by Crippen LogP contribution is -2.35. The van der Waals surface area contributed by atoms with Crippen molar-refractivity contribution in [3.8, 4) is 6.07 Å². The molecule has 0 aliphatic carbocycles. The highest BCUT2D eigenvalue weighted by Gasteiger charge is 2.13. The summed E-state index contributed by atoms with van der Waals surface area (Å²) in [6.07, 6.45) is 5.75. The van der Waals surface area contributed by atoms with Crippen LogP contribution >= 0.6 is 0 Å². The molecule has 1 aromatic heterocycles. The predicted octanol–water partition coefficient (Wildman–Crippen LogP) is 2.49. The van der Waals surface area contributed by atoms with Crippen LogP contribution in [-0.4, -0.2) is 36.1 Å². The monoisotopic (exact) mass is 258 g/mol. The molecule has 1 atom stereocenters. The number of rotatable bonds is 5. The van der Waals surface area contributed by atoms with E-state index in [1.54, 1.807) is 12.3 Å². The Labute approximate surface area is 115 Å². The van der Waals surface area contributed by atoms with Crippen molar-refractivity contribution in [1.82, 2.24) is 9.88 Å². The Morgan fingerprint density at radius 3 is 2.95 bits per heavy atom. The molecule has 2 rings (SSSR count). The van der Waals surface area contributed by atoms with Crippen LogP contribution in [0.2, 0.25) is 0 Å². The van der Waals surface area contributed by atoms with Gasteiger partial charge in [-0.1, -0.05) is 13.3 Å². The van der Waals surface area contributed by atoms with Gasteiger partial charge >= 0.3 is 0 Å². The predicted molar refractivity (Wildman–Crippen MR) is 76.9 cm³/mol. The van der Waals surface area contributed by atoms with Crippen molar-refractivity contribution in [1.29, 1.82) is 5.26 Å². The third kappa shape index (κ3) is 4.53. The van der Waals surface area contributed by atoms with E-state index >= 15 is 0 Å². The Kier molecular flexibility index (Phi) is 5.17. The Hall–Kier alpha value is -1.60. The summed E-state index contributed by atoms with van der Waals surface area (Å²) in [6.45, 7) is 6.86. The zero-order chi connectivity index (χ0) is 13.5. The van der Waals surface area contributed by atoms with Gasteiger partial charge in [-0.3, -0.25) is 0 Å². The molecule has 1 aliphatic heterocycles. The minimum atomic E-state index is 0.466. The van der Waals surface area contributed by atoms with Gasteiger partial charge in [0.2, 0.25) is 0 Å². The maximum atomic E-state index is 8.81. The number of pyridine rings is 1. The SMILES string of the molecule is CC(CNc1ccnc(C#N)c1)CN1CCCCC1. The molecule has 0 amide bonds. The van der Waals surface area contributed by atoms with Gasteiger partial charge in [-0.05, 0) is 44.0 Å². The highest BCUT2D eigenvalue weighted by Crippen LogP contribution is 2.12. The van der Waals surface area contributed by atoms with Crippen molar-refractivity contribution in [3.05, 3.63) is 24.0 Å². The van der Waals surface area contributed by atoms with Crippen molar-refractivity contribution < 1.29 is 0 Å². The summed E-state index contributed by atoms with van der Waals surface area (Å²) in [5, 5.41) is 12.2. The zero-order valence-corrected chi connectivity index (χ0v) is 11.6. The van der Waals surface area contributed by atoms with Crippen molar-refractivity contribution in [2.75, 3.05) is 31.5 Å². The molecule has 2 heterocycles. The number of nitrogens with one attached hydrogen (secondary N) is 1. The Bertz CT molecular complexity index is 432. The molecule has 1 unspecified atom stereocenters. The van der Waals surface area contributed by atoms with Gasteiger partial charge in [0, 0.05) is 25.0 Å². The van der Waals surface area contributed by atoms with Crippen LogP contribution in [0.4, 0.5) is 5.69 Å². The fourth-order valence-electron chi connectivity index (χ4n) is 2.54. The van der Waals surface area contributed by atoms with Crippen LogP contribution in [0.25, 0.3) is 0 Å². The van der Waals surface area contributed by atoms with Gasteiger partial charge < -0.3 is 10.2 Å². The van der Waals surface area contributed by atoms with E-state index in [1.165, 1.54) is 32.4 Å². The van der Waals surface area contributed by atoms with Crippen LogP contribution in [0.5, 0.6) is 0 Å². The first-order valence-corrected chi connectivity index (χ1v) is 7.10. The van der Waals surface area contributed by atoms with E-state index < -0.39 is 0 Å². The summed E-state index contributed by atoms with van der Waals surface area (Å²) in [5.74, 6) is 0.608. The molecule has 0 bridgehead atoms. The van der Waals surface area contributed by atoms with Crippen LogP contribution in [0.1, 0.15) is 31.9 Å². The zero-order valence-electron chi connectivity index (χ0n) is 11.6. The van der Waals surface area contributed by atoms with Crippen molar-refractivity contribution >= 4 is 5.69 Å². The summed E-state index contributed by atoms with van der Waals surface area (Å²) < 4.78 is 0. The minimum Gasteiger partial charge on any atom is -0.385 e. The maximum absolute atomic E-state index is 8.81. The number of piperidine rings is 1. The molecule has 0 radical (unpaired) electrons. The molecule has 0 spiro atoms. The average Bonchev–Trinajstić information content (AvgIpc) is 2.46. The summed E-state index contributed by atoms with van der Waals surface area (Å²) in [4.78, 5) is 6.53. The first-order valence-electron chi connectivity index (χ1n) is 7.10. The Morgan fingerprint density at radius 1 is 1.42 bits per heavy atom. The molecule has 1 aliphatic rings. The van der Waals surface area contributed by atoms with Gasteiger partial charge in [-0.25, -0.2) is 4.98 Å². The maximum Gasteiger partial charge on any atom is 0.142 e. The number of nitrogens with zero attached hydrogens (tertiary/aromatic N) is 3. The largest absolute Gasteiger partial charge is 0.385 e. The summed E-state index contributed by atoms with van der Waals surface area (Å²) in [5.41, 5.74) is 1.45.